The number of methoxy groups -OCH3 is 1. The second kappa shape index (κ2) is 6.50. The predicted molar refractivity (Wildman–Crippen MR) is 81.8 cm³/mol. The molecule has 0 aliphatic carbocycles. The Morgan fingerprint density at radius 1 is 1.26 bits per heavy atom. The first-order valence-corrected chi connectivity index (χ1v) is 7.86. The van der Waals surface area contributed by atoms with Crippen LogP contribution in [0, 0.1) is 17.1 Å². The van der Waals surface area contributed by atoms with Gasteiger partial charge in [-0.1, -0.05) is 6.07 Å². The van der Waals surface area contributed by atoms with Gasteiger partial charge in [0.1, 0.15) is 16.8 Å². The van der Waals surface area contributed by atoms with Crippen molar-refractivity contribution in [2.75, 3.05) is 7.11 Å². The number of halogens is 1. The number of benzene rings is 2. The summed E-state index contributed by atoms with van der Waals surface area (Å²) in [5.74, 6) is -0.536. The highest BCUT2D eigenvalue weighted by Gasteiger charge is 2.21. The number of aromatic hydroxyl groups is 1. The normalized spacial score (nSPS) is 11.8. The summed E-state index contributed by atoms with van der Waals surface area (Å²) >= 11 is 0. The molecular weight excluding hydrogens is 321 g/mol. The molecule has 118 valence electrons. The van der Waals surface area contributed by atoms with Crippen LogP contribution in [-0.4, -0.2) is 20.6 Å². The molecule has 2 rings (SSSR count). The highest BCUT2D eigenvalue weighted by molar-refractivity contribution is 7.95. The topological polar surface area (TPSA) is 87.4 Å². The average molecular weight is 333 g/mol. The van der Waals surface area contributed by atoms with E-state index >= 15 is 0 Å². The number of phenols is 1. The highest BCUT2D eigenvalue weighted by Crippen LogP contribution is 2.28. The SMILES string of the molecule is COc1ccc(/C=C(\C#N)S(=O)(=O)c2ccc(F)cc2)cc1O. The van der Waals surface area contributed by atoms with E-state index in [0.717, 1.165) is 30.3 Å². The molecule has 23 heavy (non-hydrogen) atoms. The number of hydrogen-bond acceptors (Lipinski definition) is 5. The van der Waals surface area contributed by atoms with Crippen LogP contribution < -0.4 is 4.74 Å². The second-order valence-corrected chi connectivity index (χ2v) is 6.43. The highest BCUT2D eigenvalue weighted by atomic mass is 32.2. The molecule has 0 atom stereocenters. The van der Waals surface area contributed by atoms with Crippen LogP contribution in [0.5, 0.6) is 11.5 Å². The minimum absolute atomic E-state index is 0.183. The van der Waals surface area contributed by atoms with E-state index in [9.17, 15) is 17.9 Å². The van der Waals surface area contributed by atoms with Crippen LogP contribution in [-0.2, 0) is 9.84 Å². The number of hydrogen-bond donors (Lipinski definition) is 1. The fourth-order valence-electron chi connectivity index (χ4n) is 1.86. The van der Waals surface area contributed by atoms with Gasteiger partial charge in [0.25, 0.3) is 0 Å². The van der Waals surface area contributed by atoms with Gasteiger partial charge in [-0.25, -0.2) is 12.8 Å². The van der Waals surface area contributed by atoms with Crippen molar-refractivity contribution in [1.29, 1.82) is 5.26 Å². The van der Waals surface area contributed by atoms with E-state index in [2.05, 4.69) is 0 Å². The lowest BCUT2D eigenvalue weighted by Gasteiger charge is -2.05. The molecule has 0 saturated carbocycles. The van der Waals surface area contributed by atoms with Crippen molar-refractivity contribution in [2.24, 2.45) is 0 Å². The molecule has 0 amide bonds. The van der Waals surface area contributed by atoms with Gasteiger partial charge >= 0.3 is 0 Å². The van der Waals surface area contributed by atoms with Gasteiger partial charge in [-0.3, -0.25) is 0 Å². The van der Waals surface area contributed by atoms with Gasteiger partial charge in [-0.2, -0.15) is 5.26 Å². The standard InChI is InChI=1S/C16H12FNO4S/c1-22-16-7-2-11(9-15(16)19)8-14(10-18)23(20,21)13-5-3-12(17)4-6-13/h2-9,19H,1H3/b14-8+. The smallest absolute Gasteiger partial charge is 0.216 e. The Morgan fingerprint density at radius 3 is 2.43 bits per heavy atom. The average Bonchev–Trinajstić information content (AvgIpc) is 2.53. The number of sulfone groups is 1. The molecule has 0 radical (unpaired) electrons. The number of phenolic OH excluding ortho intramolecular Hbond substituents is 1. The Balaban J connectivity index is 2.48. The van der Waals surface area contributed by atoms with Gasteiger partial charge in [-0.15, -0.1) is 0 Å². The first-order valence-electron chi connectivity index (χ1n) is 6.38. The van der Waals surface area contributed by atoms with E-state index in [4.69, 9.17) is 10.00 Å². The van der Waals surface area contributed by atoms with Crippen molar-refractivity contribution < 1.29 is 22.7 Å². The van der Waals surface area contributed by atoms with Crippen LogP contribution in [0.25, 0.3) is 6.08 Å². The molecule has 0 heterocycles. The monoisotopic (exact) mass is 333 g/mol. The summed E-state index contributed by atoms with van der Waals surface area (Å²) in [6, 6.07) is 10.0. The van der Waals surface area contributed by atoms with Gasteiger partial charge in [0.15, 0.2) is 11.5 Å². The first-order chi connectivity index (χ1) is 10.9. The Morgan fingerprint density at radius 2 is 1.91 bits per heavy atom. The number of nitriles is 1. The fourth-order valence-corrected chi connectivity index (χ4v) is 3.02. The van der Waals surface area contributed by atoms with E-state index in [1.165, 1.54) is 25.3 Å². The van der Waals surface area contributed by atoms with Crippen LogP contribution in [0.3, 0.4) is 0 Å². The van der Waals surface area contributed by atoms with Crippen molar-refractivity contribution in [1.82, 2.24) is 0 Å². The Labute approximate surface area is 132 Å². The van der Waals surface area contributed by atoms with Gasteiger partial charge in [-0.05, 0) is 48.0 Å². The third kappa shape index (κ3) is 3.49. The molecule has 0 aromatic heterocycles. The number of nitrogens with zero attached hydrogens (tertiary/aromatic N) is 1. The molecule has 1 N–H and O–H groups in total. The molecule has 0 unspecified atom stereocenters. The van der Waals surface area contributed by atoms with Gasteiger partial charge in [0.05, 0.1) is 12.0 Å². The number of allylic oxidation sites excluding steroid dienone is 1. The molecule has 0 bridgehead atoms. The molecule has 7 heteroatoms. The Hall–Kier alpha value is -2.85. The van der Waals surface area contributed by atoms with E-state index in [1.54, 1.807) is 6.07 Å². The van der Waals surface area contributed by atoms with E-state index in [1.807, 2.05) is 0 Å². The van der Waals surface area contributed by atoms with Crippen molar-refractivity contribution in [2.45, 2.75) is 4.90 Å². The third-order valence-electron chi connectivity index (χ3n) is 3.02. The zero-order chi connectivity index (χ0) is 17.0. The summed E-state index contributed by atoms with van der Waals surface area (Å²) in [5, 5.41) is 18.8. The van der Waals surface area contributed by atoms with Crippen LogP contribution in [0.15, 0.2) is 52.3 Å². The zero-order valence-corrected chi connectivity index (χ0v) is 12.8. The van der Waals surface area contributed by atoms with Crippen molar-refractivity contribution in [3.05, 3.63) is 58.8 Å². The second-order valence-electron chi connectivity index (χ2n) is 4.51. The molecule has 0 aliphatic heterocycles. The predicted octanol–water partition coefficient (Wildman–Crippen LogP) is 2.88. The summed E-state index contributed by atoms with van der Waals surface area (Å²) in [4.78, 5) is -0.710. The summed E-state index contributed by atoms with van der Waals surface area (Å²) in [6.45, 7) is 0. The molecule has 0 saturated heterocycles. The van der Waals surface area contributed by atoms with Crippen molar-refractivity contribution in [3.8, 4) is 17.6 Å². The van der Waals surface area contributed by atoms with Crippen LogP contribution in [0.2, 0.25) is 0 Å². The molecular formula is C16H12FNO4S. The maximum absolute atomic E-state index is 12.9. The first kappa shape index (κ1) is 16.5. The summed E-state index contributed by atoms with van der Waals surface area (Å²) in [6.07, 6.45) is 1.12. The lowest BCUT2D eigenvalue weighted by atomic mass is 10.2. The lowest BCUT2D eigenvalue weighted by molar-refractivity contribution is 0.373. The lowest BCUT2D eigenvalue weighted by Crippen LogP contribution is -2.03. The van der Waals surface area contributed by atoms with Gasteiger partial charge in [0.2, 0.25) is 9.84 Å². The van der Waals surface area contributed by atoms with Crippen molar-refractivity contribution >= 4 is 15.9 Å². The van der Waals surface area contributed by atoms with Crippen LogP contribution in [0.1, 0.15) is 5.56 Å². The van der Waals surface area contributed by atoms with Gasteiger partial charge < -0.3 is 9.84 Å². The number of rotatable bonds is 4. The fraction of sp³-hybridized carbons (Fsp3) is 0.0625. The third-order valence-corrected chi connectivity index (χ3v) is 4.71. The summed E-state index contributed by atoms with van der Waals surface area (Å²) in [5.41, 5.74) is 0.311. The Kier molecular flexibility index (Phi) is 4.67. The maximum atomic E-state index is 12.9. The number of ether oxygens (including phenoxy) is 1. The molecule has 5 nitrogen and oxygen atoms in total. The van der Waals surface area contributed by atoms with Gasteiger partial charge in [0, 0.05) is 0 Å². The van der Waals surface area contributed by atoms with Crippen LogP contribution >= 0.6 is 0 Å². The summed E-state index contributed by atoms with van der Waals surface area (Å²) in [7, 11) is -2.69. The Bertz CT molecular complexity index is 897. The largest absolute Gasteiger partial charge is 0.504 e. The molecule has 2 aromatic rings. The van der Waals surface area contributed by atoms with Crippen LogP contribution in [0.4, 0.5) is 4.39 Å². The maximum Gasteiger partial charge on any atom is 0.216 e. The van der Waals surface area contributed by atoms with E-state index < -0.39 is 20.6 Å². The summed E-state index contributed by atoms with van der Waals surface area (Å²) < 4.78 is 42.6. The van der Waals surface area contributed by atoms with E-state index in [0.29, 0.717) is 5.56 Å². The minimum atomic E-state index is -4.07. The van der Waals surface area contributed by atoms with E-state index in [-0.39, 0.29) is 16.4 Å². The quantitative estimate of drug-likeness (QED) is 0.686. The zero-order valence-electron chi connectivity index (χ0n) is 12.0. The molecule has 0 spiro atoms. The minimum Gasteiger partial charge on any atom is -0.504 e. The molecule has 2 aromatic carbocycles. The molecule has 0 aliphatic rings. The van der Waals surface area contributed by atoms with Crippen molar-refractivity contribution in [3.63, 3.8) is 0 Å². The molecule has 0 fully saturated rings.